The maximum atomic E-state index is 13.2. The number of hydrogen-bond acceptors (Lipinski definition) is 6. The maximum Gasteiger partial charge on any atom is 0.354 e. The number of nitrogens with one attached hydrogen (secondary N) is 1. The number of hydrogen-bond donors (Lipinski definition) is 2. The van der Waals surface area contributed by atoms with Gasteiger partial charge in [-0.1, -0.05) is 0 Å². The van der Waals surface area contributed by atoms with E-state index in [9.17, 15) is 9.00 Å². The topological polar surface area (TPSA) is 134 Å². The number of nitrogens with zero attached hydrogens (tertiary/aromatic N) is 4. The van der Waals surface area contributed by atoms with Crippen LogP contribution in [-0.4, -0.2) is 44.3 Å². The lowest BCUT2D eigenvalue weighted by molar-refractivity contribution is -0.0654. The SMILES string of the molecule is COC1(C)COc2c(S(N)(=O)=NC(=O)Nc3c4c(nc5c3CCC5)CCC4)cnn2C1. The molecule has 0 fully saturated rings. The van der Waals surface area contributed by atoms with E-state index in [-0.39, 0.29) is 17.4 Å². The summed E-state index contributed by atoms with van der Waals surface area (Å²) in [6.07, 6.45) is 6.93. The number of carbonyl (C=O) groups excluding carboxylic acids is 1. The molecule has 0 bridgehead atoms. The third kappa shape index (κ3) is 3.50. The van der Waals surface area contributed by atoms with Crippen molar-refractivity contribution in [1.82, 2.24) is 14.8 Å². The lowest BCUT2D eigenvalue weighted by Gasteiger charge is -2.32. The Morgan fingerprint density at radius 1 is 1.29 bits per heavy atom. The van der Waals surface area contributed by atoms with Gasteiger partial charge in [0.2, 0.25) is 5.88 Å². The number of fused-ring (bicyclic) bond motifs is 3. The smallest absolute Gasteiger partial charge is 0.354 e. The molecular weight excluding hydrogens is 420 g/mol. The number of ether oxygens (including phenoxy) is 2. The monoisotopic (exact) mass is 446 g/mol. The Morgan fingerprint density at radius 2 is 1.97 bits per heavy atom. The van der Waals surface area contributed by atoms with Crippen LogP contribution in [0, 0.1) is 0 Å². The first-order chi connectivity index (χ1) is 14.8. The van der Waals surface area contributed by atoms with Gasteiger partial charge in [-0.25, -0.2) is 18.8 Å². The lowest BCUT2D eigenvalue weighted by Crippen LogP contribution is -2.43. The molecule has 3 N–H and O–H groups in total. The number of urea groups is 1. The van der Waals surface area contributed by atoms with Crippen molar-refractivity contribution in [2.45, 2.75) is 62.5 Å². The van der Waals surface area contributed by atoms with Gasteiger partial charge in [0.25, 0.3) is 0 Å². The van der Waals surface area contributed by atoms with E-state index in [0.29, 0.717) is 6.54 Å². The van der Waals surface area contributed by atoms with Gasteiger partial charge in [-0.15, -0.1) is 4.36 Å². The summed E-state index contributed by atoms with van der Waals surface area (Å²) in [6.45, 7) is 2.55. The Kier molecular flexibility index (Phi) is 4.79. The zero-order chi connectivity index (χ0) is 21.8. The molecular formula is C20H26N6O4S. The van der Waals surface area contributed by atoms with Crippen LogP contribution in [0.1, 0.15) is 42.3 Å². The van der Waals surface area contributed by atoms with Gasteiger partial charge in [0.1, 0.15) is 17.1 Å². The zero-order valence-electron chi connectivity index (χ0n) is 17.6. The molecule has 2 aliphatic carbocycles. The van der Waals surface area contributed by atoms with Gasteiger partial charge in [-0.3, -0.25) is 4.98 Å². The van der Waals surface area contributed by atoms with E-state index >= 15 is 0 Å². The highest BCUT2D eigenvalue weighted by Gasteiger charge is 2.35. The van der Waals surface area contributed by atoms with Crippen LogP contribution in [0.4, 0.5) is 10.5 Å². The summed E-state index contributed by atoms with van der Waals surface area (Å²) in [5, 5.41) is 13.1. The van der Waals surface area contributed by atoms with Crippen molar-refractivity contribution in [1.29, 1.82) is 0 Å². The molecule has 0 aromatic carbocycles. The molecule has 31 heavy (non-hydrogen) atoms. The van der Waals surface area contributed by atoms with Crippen LogP contribution in [-0.2, 0) is 46.9 Å². The van der Waals surface area contributed by atoms with Gasteiger partial charge in [0, 0.05) is 18.5 Å². The third-order valence-corrected chi connectivity index (χ3v) is 7.61. The first-order valence-electron chi connectivity index (χ1n) is 10.4. The zero-order valence-corrected chi connectivity index (χ0v) is 18.5. The number of amides is 2. The van der Waals surface area contributed by atoms with Gasteiger partial charge < -0.3 is 14.8 Å². The molecule has 11 heteroatoms. The van der Waals surface area contributed by atoms with E-state index in [4.69, 9.17) is 19.6 Å². The number of anilines is 1. The number of rotatable bonds is 3. The van der Waals surface area contributed by atoms with Crippen molar-refractivity contribution in [2.24, 2.45) is 9.50 Å². The largest absolute Gasteiger partial charge is 0.474 e. The summed E-state index contributed by atoms with van der Waals surface area (Å²) in [7, 11) is -1.96. The molecule has 1 aliphatic heterocycles. The fraction of sp³-hybridized carbons (Fsp3) is 0.550. The van der Waals surface area contributed by atoms with Crippen LogP contribution in [0.2, 0.25) is 0 Å². The van der Waals surface area contributed by atoms with Crippen molar-refractivity contribution >= 4 is 21.6 Å². The minimum Gasteiger partial charge on any atom is -0.474 e. The lowest BCUT2D eigenvalue weighted by atomic mass is 10.1. The number of aromatic nitrogens is 3. The quantitative estimate of drug-likeness (QED) is 0.741. The van der Waals surface area contributed by atoms with Gasteiger partial charge >= 0.3 is 6.03 Å². The van der Waals surface area contributed by atoms with Crippen LogP contribution >= 0.6 is 0 Å². The second-order valence-electron chi connectivity index (χ2n) is 8.55. The van der Waals surface area contributed by atoms with Crippen molar-refractivity contribution in [3.63, 3.8) is 0 Å². The molecule has 0 saturated heterocycles. The molecule has 166 valence electrons. The van der Waals surface area contributed by atoms with Crippen molar-refractivity contribution in [3.05, 3.63) is 28.7 Å². The highest BCUT2D eigenvalue weighted by Crippen LogP contribution is 2.37. The Bertz CT molecular complexity index is 1170. The van der Waals surface area contributed by atoms with Gasteiger partial charge in [0.05, 0.1) is 18.4 Å². The average molecular weight is 447 g/mol. The maximum absolute atomic E-state index is 13.2. The number of methoxy groups -OCH3 is 1. The minimum absolute atomic E-state index is 0.103. The Balaban J connectivity index is 1.45. The summed E-state index contributed by atoms with van der Waals surface area (Å²) < 4.78 is 29.7. The predicted octanol–water partition coefficient (Wildman–Crippen LogP) is 1.99. The van der Waals surface area contributed by atoms with E-state index in [0.717, 1.165) is 66.7 Å². The fourth-order valence-corrected chi connectivity index (χ4v) is 5.56. The first kappa shape index (κ1) is 20.4. The van der Waals surface area contributed by atoms with Crippen molar-refractivity contribution in [2.75, 3.05) is 19.0 Å². The number of pyridine rings is 1. The van der Waals surface area contributed by atoms with E-state index in [2.05, 4.69) is 14.8 Å². The van der Waals surface area contributed by atoms with Crippen LogP contribution in [0.25, 0.3) is 0 Å². The molecule has 2 atom stereocenters. The minimum atomic E-state index is -3.55. The Morgan fingerprint density at radius 3 is 2.61 bits per heavy atom. The molecule has 2 aromatic heterocycles. The van der Waals surface area contributed by atoms with Crippen molar-refractivity contribution < 1.29 is 18.5 Å². The molecule has 0 radical (unpaired) electrons. The summed E-state index contributed by atoms with van der Waals surface area (Å²) in [4.78, 5) is 17.7. The molecule has 3 aliphatic rings. The highest BCUT2D eigenvalue weighted by molar-refractivity contribution is 7.91. The van der Waals surface area contributed by atoms with Gasteiger partial charge in [-0.05, 0) is 56.6 Å². The standard InChI is InChI=1S/C20H26N6O4S/c1-20(29-2)10-26-18(30-11-20)16(9-22-26)31(21,28)25-19(27)24-17-12-5-3-7-14(12)23-15-8-4-6-13(15)17/h9H,3-8,10-11H2,1-2H3,(H3,21,23,24,25,27,28). The Labute approximate surface area is 180 Å². The van der Waals surface area contributed by atoms with Crippen LogP contribution in [0.15, 0.2) is 15.5 Å². The molecule has 0 saturated carbocycles. The molecule has 0 spiro atoms. The van der Waals surface area contributed by atoms with E-state index in [1.54, 1.807) is 7.11 Å². The normalized spacial score (nSPS) is 23.3. The third-order valence-electron chi connectivity index (χ3n) is 6.27. The van der Waals surface area contributed by atoms with E-state index < -0.39 is 21.5 Å². The summed E-state index contributed by atoms with van der Waals surface area (Å²) in [5.74, 6) is 0.254. The number of nitrogens with two attached hydrogens (primary N) is 1. The van der Waals surface area contributed by atoms with Gasteiger partial charge in [0.15, 0.2) is 9.92 Å². The molecule has 2 unspecified atom stereocenters. The molecule has 2 amide bonds. The van der Waals surface area contributed by atoms with E-state index in [1.807, 2.05) is 6.92 Å². The molecule has 3 heterocycles. The summed E-state index contributed by atoms with van der Waals surface area (Å²) >= 11 is 0. The average Bonchev–Trinajstić information content (AvgIpc) is 3.46. The fourth-order valence-electron chi connectivity index (χ4n) is 4.56. The number of carbonyl (C=O) groups is 1. The van der Waals surface area contributed by atoms with E-state index in [1.165, 1.54) is 10.9 Å². The van der Waals surface area contributed by atoms with Crippen LogP contribution in [0.5, 0.6) is 5.88 Å². The first-order valence-corrected chi connectivity index (χ1v) is 12.0. The van der Waals surface area contributed by atoms with Crippen molar-refractivity contribution in [3.8, 4) is 5.88 Å². The predicted molar refractivity (Wildman–Crippen MR) is 113 cm³/mol. The summed E-state index contributed by atoms with van der Waals surface area (Å²) in [6, 6.07) is -0.737. The Hall–Kier alpha value is -2.50. The second kappa shape index (κ2) is 7.28. The highest BCUT2D eigenvalue weighted by atomic mass is 32.2. The molecule has 2 aromatic rings. The summed E-state index contributed by atoms with van der Waals surface area (Å²) in [5.41, 5.74) is 4.45. The molecule has 10 nitrogen and oxygen atoms in total. The number of aryl methyl sites for hydroxylation is 2. The van der Waals surface area contributed by atoms with Gasteiger partial charge in [-0.2, -0.15) is 5.10 Å². The molecule has 5 rings (SSSR count). The van der Waals surface area contributed by atoms with Crippen LogP contribution < -0.4 is 15.2 Å². The van der Waals surface area contributed by atoms with Crippen LogP contribution in [0.3, 0.4) is 0 Å². The second-order valence-corrected chi connectivity index (χ2v) is 10.3.